The van der Waals surface area contributed by atoms with Crippen LogP contribution >= 0.6 is 0 Å². The molecule has 0 saturated heterocycles. The van der Waals surface area contributed by atoms with Crippen molar-refractivity contribution in [1.82, 2.24) is 4.98 Å². The number of anilines is 1. The Hall–Kier alpha value is -2.40. The molecular weight excluding hydrogens is 280 g/mol. The number of pyridine rings is 1. The average molecular weight is 298 g/mol. The second-order valence-corrected chi connectivity index (χ2v) is 5.14. The van der Waals surface area contributed by atoms with Gasteiger partial charge in [-0.25, -0.2) is 4.98 Å². The molecule has 5 nitrogen and oxygen atoms in total. The lowest BCUT2D eigenvalue weighted by atomic mass is 10.1. The van der Waals surface area contributed by atoms with Crippen molar-refractivity contribution < 1.29 is 14.3 Å². The zero-order chi connectivity index (χ0) is 15.5. The molecule has 5 heteroatoms. The van der Waals surface area contributed by atoms with Gasteiger partial charge in [0.25, 0.3) is 5.91 Å². The number of methoxy groups -OCH3 is 1. The zero-order valence-electron chi connectivity index (χ0n) is 12.7. The van der Waals surface area contributed by atoms with Gasteiger partial charge in [-0.2, -0.15) is 0 Å². The van der Waals surface area contributed by atoms with E-state index in [2.05, 4.69) is 4.98 Å². The summed E-state index contributed by atoms with van der Waals surface area (Å²) < 4.78 is 11.0. The SMILES string of the molecule is CO[C@@H](C(=O)N1CCOc2nc(C)ccc21)c1ccccc1. The number of fused-ring (bicyclic) bond motifs is 1. The van der Waals surface area contributed by atoms with Crippen LogP contribution in [0.3, 0.4) is 0 Å². The average Bonchev–Trinajstić information content (AvgIpc) is 2.55. The molecule has 2 heterocycles. The van der Waals surface area contributed by atoms with E-state index in [-0.39, 0.29) is 5.91 Å². The van der Waals surface area contributed by atoms with Crippen molar-refractivity contribution in [2.45, 2.75) is 13.0 Å². The Morgan fingerprint density at radius 3 is 2.77 bits per heavy atom. The molecule has 0 bridgehead atoms. The summed E-state index contributed by atoms with van der Waals surface area (Å²) in [4.78, 5) is 18.9. The van der Waals surface area contributed by atoms with Gasteiger partial charge in [-0.15, -0.1) is 0 Å². The van der Waals surface area contributed by atoms with Crippen molar-refractivity contribution in [3.8, 4) is 5.88 Å². The van der Waals surface area contributed by atoms with Crippen LogP contribution in [-0.4, -0.2) is 31.2 Å². The molecule has 114 valence electrons. The van der Waals surface area contributed by atoms with Crippen molar-refractivity contribution in [3.63, 3.8) is 0 Å². The predicted molar refractivity (Wildman–Crippen MR) is 83.0 cm³/mol. The van der Waals surface area contributed by atoms with Crippen LogP contribution in [0.5, 0.6) is 5.88 Å². The summed E-state index contributed by atoms with van der Waals surface area (Å²) in [7, 11) is 1.55. The Balaban J connectivity index is 1.93. The molecule has 0 aliphatic carbocycles. The van der Waals surface area contributed by atoms with Gasteiger partial charge < -0.3 is 14.4 Å². The van der Waals surface area contributed by atoms with Gasteiger partial charge in [0.05, 0.1) is 6.54 Å². The number of nitrogens with zero attached hydrogens (tertiary/aromatic N) is 2. The van der Waals surface area contributed by atoms with Crippen molar-refractivity contribution in [3.05, 3.63) is 53.7 Å². The Labute approximate surface area is 129 Å². The first kappa shape index (κ1) is 14.5. The minimum Gasteiger partial charge on any atom is -0.474 e. The first-order valence-corrected chi connectivity index (χ1v) is 7.20. The number of aryl methyl sites for hydroxylation is 1. The highest BCUT2D eigenvalue weighted by Crippen LogP contribution is 2.32. The molecule has 1 aromatic heterocycles. The smallest absolute Gasteiger partial charge is 0.260 e. The first-order valence-electron chi connectivity index (χ1n) is 7.20. The summed E-state index contributed by atoms with van der Waals surface area (Å²) in [5.74, 6) is 0.395. The summed E-state index contributed by atoms with van der Waals surface area (Å²) in [6.45, 7) is 2.82. The molecule has 0 radical (unpaired) electrons. The van der Waals surface area contributed by atoms with E-state index in [0.717, 1.165) is 11.3 Å². The maximum Gasteiger partial charge on any atom is 0.260 e. The third kappa shape index (κ3) is 2.67. The number of amides is 1. The predicted octanol–water partition coefficient (Wildman–Crippen LogP) is 2.50. The fraction of sp³-hybridized carbons (Fsp3) is 0.294. The number of hydrogen-bond donors (Lipinski definition) is 0. The number of rotatable bonds is 3. The Morgan fingerprint density at radius 2 is 2.05 bits per heavy atom. The largest absolute Gasteiger partial charge is 0.474 e. The van der Waals surface area contributed by atoms with Gasteiger partial charge in [0.15, 0.2) is 6.10 Å². The van der Waals surface area contributed by atoms with Gasteiger partial charge in [0, 0.05) is 12.8 Å². The van der Waals surface area contributed by atoms with E-state index < -0.39 is 6.10 Å². The highest BCUT2D eigenvalue weighted by molar-refractivity contribution is 5.98. The normalized spacial score (nSPS) is 14.9. The lowest BCUT2D eigenvalue weighted by Crippen LogP contribution is -2.41. The quantitative estimate of drug-likeness (QED) is 0.873. The minimum atomic E-state index is -0.631. The van der Waals surface area contributed by atoms with Crippen LogP contribution in [0, 0.1) is 6.92 Å². The van der Waals surface area contributed by atoms with Crippen LogP contribution in [0.2, 0.25) is 0 Å². The molecule has 1 amide bonds. The standard InChI is InChI=1S/C17H18N2O3/c1-12-8-9-14-16(18-12)22-11-10-19(14)17(20)15(21-2)13-6-4-3-5-7-13/h3-9,15H,10-11H2,1-2H3/t15-/m1/s1. The summed E-state index contributed by atoms with van der Waals surface area (Å²) in [5.41, 5.74) is 2.39. The third-order valence-electron chi connectivity index (χ3n) is 3.65. The van der Waals surface area contributed by atoms with Crippen LogP contribution in [0.25, 0.3) is 0 Å². The maximum atomic E-state index is 12.9. The molecule has 0 unspecified atom stereocenters. The van der Waals surface area contributed by atoms with Gasteiger partial charge in [0.1, 0.15) is 12.3 Å². The van der Waals surface area contributed by atoms with Crippen molar-refractivity contribution >= 4 is 11.6 Å². The first-order chi connectivity index (χ1) is 10.7. The number of benzene rings is 1. The van der Waals surface area contributed by atoms with Crippen molar-refractivity contribution in [2.24, 2.45) is 0 Å². The number of hydrogen-bond acceptors (Lipinski definition) is 4. The Bertz CT molecular complexity index is 673. The van der Waals surface area contributed by atoms with E-state index >= 15 is 0 Å². The van der Waals surface area contributed by atoms with E-state index in [4.69, 9.17) is 9.47 Å². The van der Waals surface area contributed by atoms with E-state index in [1.807, 2.05) is 49.4 Å². The third-order valence-corrected chi connectivity index (χ3v) is 3.65. The Morgan fingerprint density at radius 1 is 1.27 bits per heavy atom. The van der Waals surface area contributed by atoms with Crippen LogP contribution in [0.4, 0.5) is 5.69 Å². The van der Waals surface area contributed by atoms with Crippen LogP contribution in [0.15, 0.2) is 42.5 Å². The molecule has 2 aromatic rings. The lowest BCUT2D eigenvalue weighted by Gasteiger charge is -2.31. The molecule has 1 aliphatic rings. The number of carbonyl (C=O) groups is 1. The van der Waals surface area contributed by atoms with E-state index in [1.54, 1.807) is 12.0 Å². The topological polar surface area (TPSA) is 51.7 Å². The van der Waals surface area contributed by atoms with Gasteiger partial charge >= 0.3 is 0 Å². The van der Waals surface area contributed by atoms with Crippen LogP contribution in [0.1, 0.15) is 17.4 Å². The molecule has 0 N–H and O–H groups in total. The molecule has 1 aliphatic heterocycles. The van der Waals surface area contributed by atoms with Crippen molar-refractivity contribution in [2.75, 3.05) is 25.2 Å². The van der Waals surface area contributed by atoms with Gasteiger partial charge in [-0.3, -0.25) is 4.79 Å². The lowest BCUT2D eigenvalue weighted by molar-refractivity contribution is -0.129. The van der Waals surface area contributed by atoms with Gasteiger partial charge in [0.2, 0.25) is 5.88 Å². The monoisotopic (exact) mass is 298 g/mol. The molecule has 0 fully saturated rings. The molecule has 0 spiro atoms. The second kappa shape index (κ2) is 6.15. The van der Waals surface area contributed by atoms with Crippen molar-refractivity contribution in [1.29, 1.82) is 0 Å². The highest BCUT2D eigenvalue weighted by Gasteiger charge is 2.31. The zero-order valence-corrected chi connectivity index (χ0v) is 12.7. The van der Waals surface area contributed by atoms with E-state index in [1.165, 1.54) is 0 Å². The summed E-state index contributed by atoms with van der Waals surface area (Å²) in [6, 6.07) is 13.2. The summed E-state index contributed by atoms with van der Waals surface area (Å²) in [5, 5.41) is 0. The highest BCUT2D eigenvalue weighted by atomic mass is 16.5. The second-order valence-electron chi connectivity index (χ2n) is 5.14. The Kier molecular flexibility index (Phi) is 4.06. The molecule has 22 heavy (non-hydrogen) atoms. The molecule has 3 rings (SSSR count). The van der Waals surface area contributed by atoms with Gasteiger partial charge in [-0.1, -0.05) is 30.3 Å². The fourth-order valence-electron chi connectivity index (χ4n) is 2.57. The fourth-order valence-corrected chi connectivity index (χ4v) is 2.57. The van der Waals surface area contributed by atoms with E-state index in [9.17, 15) is 4.79 Å². The molecule has 1 aromatic carbocycles. The van der Waals surface area contributed by atoms with Crippen LogP contribution < -0.4 is 9.64 Å². The molecule has 1 atom stereocenters. The molecular formula is C17H18N2O3. The van der Waals surface area contributed by atoms with E-state index in [0.29, 0.717) is 24.7 Å². The maximum absolute atomic E-state index is 12.9. The summed E-state index contributed by atoms with van der Waals surface area (Å²) in [6.07, 6.45) is -0.631. The number of ether oxygens (including phenoxy) is 2. The van der Waals surface area contributed by atoms with Crippen LogP contribution in [-0.2, 0) is 9.53 Å². The number of aromatic nitrogens is 1. The minimum absolute atomic E-state index is 0.107. The number of carbonyl (C=O) groups excluding carboxylic acids is 1. The van der Waals surface area contributed by atoms with Gasteiger partial charge in [-0.05, 0) is 24.6 Å². The molecule has 0 saturated carbocycles. The summed E-state index contributed by atoms with van der Waals surface area (Å²) >= 11 is 0.